The molecule has 0 spiro atoms. The van der Waals surface area contributed by atoms with Crippen molar-refractivity contribution in [3.8, 4) is 0 Å². The Morgan fingerprint density at radius 1 is 1.47 bits per heavy atom. The third kappa shape index (κ3) is 7.88. The van der Waals surface area contributed by atoms with Gasteiger partial charge < -0.3 is 15.4 Å². The molecule has 0 atom stereocenters. The van der Waals surface area contributed by atoms with Crippen LogP contribution in [0.15, 0.2) is 17.1 Å². The molecule has 1 heterocycles. The van der Waals surface area contributed by atoms with Crippen LogP contribution in [0.1, 0.15) is 6.92 Å². The zero-order chi connectivity index (χ0) is 11.8. The van der Waals surface area contributed by atoms with E-state index in [4.69, 9.17) is 10.5 Å². The summed E-state index contributed by atoms with van der Waals surface area (Å²) < 4.78 is 5.35. The zero-order valence-corrected chi connectivity index (χ0v) is 13.5. The maximum atomic E-state index is 5.88. The van der Waals surface area contributed by atoms with Crippen molar-refractivity contribution in [2.24, 2.45) is 10.7 Å². The number of guanidine groups is 1. The van der Waals surface area contributed by atoms with Crippen LogP contribution in [0, 0.1) is 0 Å². The Hall–Kier alpha value is 0.0500. The van der Waals surface area contributed by atoms with Gasteiger partial charge >= 0.3 is 0 Å². The lowest BCUT2D eigenvalue weighted by Crippen LogP contribution is -2.42. The molecule has 0 aromatic rings. The second-order valence-corrected chi connectivity index (χ2v) is 5.07. The van der Waals surface area contributed by atoms with Crippen LogP contribution in [0.5, 0.6) is 0 Å². The maximum absolute atomic E-state index is 5.88. The Bertz CT molecular complexity index is 255. The third-order valence-electron chi connectivity index (χ3n) is 2.19. The largest absolute Gasteiger partial charge is 0.375 e. The van der Waals surface area contributed by atoms with Gasteiger partial charge in [-0.3, -0.25) is 4.99 Å². The standard InChI is InChI=1S/C11H21N3OS.HI/c1-10(2)9-15-6-3-13-11(12)14-4-7-16-8-5-14;/h1,3-9H2,2H3,(H2,12,13);1H. The summed E-state index contributed by atoms with van der Waals surface area (Å²) in [5, 5.41) is 0. The van der Waals surface area contributed by atoms with Crippen LogP contribution in [0.2, 0.25) is 0 Å². The molecular formula is C11H22IN3OS. The summed E-state index contributed by atoms with van der Waals surface area (Å²) in [5.74, 6) is 2.93. The normalized spacial score (nSPS) is 16.5. The Balaban J connectivity index is 0.00000256. The molecule has 100 valence electrons. The van der Waals surface area contributed by atoms with Crippen molar-refractivity contribution in [3.05, 3.63) is 12.2 Å². The van der Waals surface area contributed by atoms with E-state index in [-0.39, 0.29) is 24.0 Å². The van der Waals surface area contributed by atoms with E-state index in [1.165, 1.54) is 0 Å². The van der Waals surface area contributed by atoms with Gasteiger partial charge in [0.2, 0.25) is 0 Å². The lowest BCUT2D eigenvalue weighted by molar-refractivity contribution is 0.164. The fourth-order valence-electron chi connectivity index (χ4n) is 1.36. The van der Waals surface area contributed by atoms with Gasteiger partial charge in [-0.05, 0) is 6.92 Å². The average molecular weight is 371 g/mol. The highest BCUT2D eigenvalue weighted by atomic mass is 127. The molecule has 0 radical (unpaired) electrons. The van der Waals surface area contributed by atoms with Gasteiger partial charge in [0.25, 0.3) is 0 Å². The molecule has 17 heavy (non-hydrogen) atoms. The highest BCUT2D eigenvalue weighted by Crippen LogP contribution is 2.08. The molecular weight excluding hydrogens is 349 g/mol. The van der Waals surface area contributed by atoms with Gasteiger partial charge in [-0.1, -0.05) is 12.2 Å². The number of nitrogens with two attached hydrogens (primary N) is 1. The summed E-state index contributed by atoms with van der Waals surface area (Å²) >= 11 is 1.96. The van der Waals surface area contributed by atoms with Crippen molar-refractivity contribution in [2.45, 2.75) is 6.92 Å². The van der Waals surface area contributed by atoms with Crippen molar-refractivity contribution in [2.75, 3.05) is 44.4 Å². The maximum Gasteiger partial charge on any atom is 0.191 e. The van der Waals surface area contributed by atoms with Gasteiger partial charge in [0.1, 0.15) is 0 Å². The van der Waals surface area contributed by atoms with Crippen LogP contribution in [0.3, 0.4) is 0 Å². The van der Waals surface area contributed by atoms with Crippen molar-refractivity contribution < 1.29 is 4.74 Å². The molecule has 0 bridgehead atoms. The number of ether oxygens (including phenoxy) is 1. The second-order valence-electron chi connectivity index (χ2n) is 3.85. The van der Waals surface area contributed by atoms with E-state index in [0.717, 1.165) is 30.2 Å². The summed E-state index contributed by atoms with van der Waals surface area (Å²) in [4.78, 5) is 6.44. The SMILES string of the molecule is C=C(C)COCCN=C(N)N1CCSCC1.I. The Labute approximate surface area is 125 Å². The molecule has 1 fully saturated rings. The lowest BCUT2D eigenvalue weighted by atomic mass is 10.4. The average Bonchev–Trinajstić information content (AvgIpc) is 2.29. The van der Waals surface area contributed by atoms with Crippen LogP contribution in [-0.4, -0.2) is 55.2 Å². The number of thioether (sulfide) groups is 1. The van der Waals surface area contributed by atoms with Crippen LogP contribution in [0.4, 0.5) is 0 Å². The van der Waals surface area contributed by atoms with Gasteiger partial charge in [-0.25, -0.2) is 0 Å². The van der Waals surface area contributed by atoms with Crippen molar-refractivity contribution in [3.63, 3.8) is 0 Å². The summed E-state index contributed by atoms with van der Waals surface area (Å²) in [7, 11) is 0. The van der Waals surface area contributed by atoms with Crippen LogP contribution < -0.4 is 5.73 Å². The first-order valence-corrected chi connectivity index (χ1v) is 6.70. The first-order chi connectivity index (χ1) is 7.70. The third-order valence-corrected chi connectivity index (χ3v) is 3.14. The molecule has 1 saturated heterocycles. The van der Waals surface area contributed by atoms with Gasteiger partial charge in [0.15, 0.2) is 5.96 Å². The summed E-state index contributed by atoms with van der Waals surface area (Å²) in [6.45, 7) is 9.57. The van der Waals surface area contributed by atoms with Gasteiger partial charge in [-0.2, -0.15) is 11.8 Å². The lowest BCUT2D eigenvalue weighted by Gasteiger charge is -2.27. The van der Waals surface area contributed by atoms with Crippen LogP contribution in [-0.2, 0) is 4.74 Å². The minimum atomic E-state index is 0. The first kappa shape index (κ1) is 17.1. The predicted molar refractivity (Wildman–Crippen MR) is 86.4 cm³/mol. The van der Waals surface area contributed by atoms with E-state index >= 15 is 0 Å². The number of nitrogens with zero attached hydrogens (tertiary/aromatic N) is 2. The summed E-state index contributed by atoms with van der Waals surface area (Å²) in [5.41, 5.74) is 6.92. The molecule has 0 aromatic heterocycles. The minimum absolute atomic E-state index is 0. The fourth-order valence-corrected chi connectivity index (χ4v) is 2.27. The van der Waals surface area contributed by atoms with E-state index in [0.29, 0.717) is 25.7 Å². The molecule has 0 aliphatic carbocycles. The molecule has 2 N–H and O–H groups in total. The Morgan fingerprint density at radius 3 is 2.71 bits per heavy atom. The monoisotopic (exact) mass is 371 g/mol. The molecule has 1 aliphatic heterocycles. The van der Waals surface area contributed by atoms with E-state index in [2.05, 4.69) is 16.5 Å². The highest BCUT2D eigenvalue weighted by Gasteiger charge is 2.11. The smallest absolute Gasteiger partial charge is 0.191 e. The number of hydrogen-bond donors (Lipinski definition) is 1. The topological polar surface area (TPSA) is 50.9 Å². The van der Waals surface area contributed by atoms with Gasteiger partial charge in [0, 0.05) is 24.6 Å². The molecule has 0 unspecified atom stereocenters. The molecule has 0 saturated carbocycles. The molecule has 1 rings (SSSR count). The second kappa shape index (κ2) is 10.0. The number of rotatable bonds is 5. The minimum Gasteiger partial charge on any atom is -0.375 e. The van der Waals surface area contributed by atoms with Crippen LogP contribution in [0.25, 0.3) is 0 Å². The van der Waals surface area contributed by atoms with Crippen molar-refractivity contribution >= 4 is 41.7 Å². The molecule has 6 heteroatoms. The summed E-state index contributed by atoms with van der Waals surface area (Å²) in [6.07, 6.45) is 0. The fraction of sp³-hybridized carbons (Fsp3) is 0.727. The van der Waals surface area contributed by atoms with Crippen molar-refractivity contribution in [1.29, 1.82) is 0 Å². The van der Waals surface area contributed by atoms with E-state index in [1.54, 1.807) is 0 Å². The van der Waals surface area contributed by atoms with Gasteiger partial charge in [-0.15, -0.1) is 24.0 Å². The van der Waals surface area contributed by atoms with E-state index in [1.807, 2.05) is 18.7 Å². The van der Waals surface area contributed by atoms with Crippen LogP contribution >= 0.6 is 35.7 Å². The number of aliphatic imine (C=N–C) groups is 1. The van der Waals surface area contributed by atoms with E-state index < -0.39 is 0 Å². The zero-order valence-electron chi connectivity index (χ0n) is 10.4. The van der Waals surface area contributed by atoms with Crippen molar-refractivity contribution in [1.82, 2.24) is 4.90 Å². The molecule has 0 aromatic carbocycles. The van der Waals surface area contributed by atoms with E-state index in [9.17, 15) is 0 Å². The number of hydrogen-bond acceptors (Lipinski definition) is 3. The quantitative estimate of drug-likeness (QED) is 0.262. The first-order valence-electron chi connectivity index (χ1n) is 5.55. The Kier molecular flexibility index (Phi) is 10.0. The van der Waals surface area contributed by atoms with Gasteiger partial charge in [0.05, 0.1) is 19.8 Å². The number of halogens is 1. The highest BCUT2D eigenvalue weighted by molar-refractivity contribution is 14.0. The molecule has 1 aliphatic rings. The molecule has 4 nitrogen and oxygen atoms in total. The Morgan fingerprint density at radius 2 is 2.12 bits per heavy atom. The predicted octanol–water partition coefficient (Wildman–Crippen LogP) is 1.56. The summed E-state index contributed by atoms with van der Waals surface area (Å²) in [6, 6.07) is 0. The molecule has 0 amide bonds.